The van der Waals surface area contributed by atoms with Crippen molar-refractivity contribution in [3.05, 3.63) is 11.1 Å². The van der Waals surface area contributed by atoms with E-state index in [0.29, 0.717) is 6.04 Å². The van der Waals surface area contributed by atoms with Crippen LogP contribution in [0.5, 0.6) is 0 Å². The Morgan fingerprint density at radius 2 is 2.05 bits per heavy atom. The number of unbranched alkanes of at least 4 members (excludes halogenated alkanes) is 2. The molecule has 0 aliphatic rings. The molecule has 0 bridgehead atoms. The predicted octanol–water partition coefficient (Wildman–Crippen LogP) is 4.37. The van der Waals surface area contributed by atoms with Crippen LogP contribution in [0.25, 0.3) is 0 Å². The van der Waals surface area contributed by atoms with Crippen LogP contribution in [-0.4, -0.2) is 29.0 Å². The number of nitrogens with zero attached hydrogens (tertiary/aromatic N) is 2. The maximum Gasteiger partial charge on any atom is 0.182 e. The fourth-order valence-electron chi connectivity index (χ4n) is 1.98. The molecule has 1 rings (SSSR count). The Morgan fingerprint density at radius 3 is 2.68 bits per heavy atom. The van der Waals surface area contributed by atoms with Crippen molar-refractivity contribution in [1.29, 1.82) is 0 Å². The molecule has 1 heterocycles. The van der Waals surface area contributed by atoms with Crippen molar-refractivity contribution in [2.75, 3.05) is 18.4 Å². The van der Waals surface area contributed by atoms with E-state index < -0.39 is 0 Å². The Labute approximate surface area is 122 Å². The second-order valence-corrected chi connectivity index (χ2v) is 6.45. The van der Waals surface area contributed by atoms with Crippen LogP contribution in [0.15, 0.2) is 6.20 Å². The van der Waals surface area contributed by atoms with Gasteiger partial charge in [-0.05, 0) is 33.2 Å². The Morgan fingerprint density at radius 1 is 1.26 bits per heavy atom. The Bertz CT molecular complexity index is 336. The van der Waals surface area contributed by atoms with Crippen molar-refractivity contribution >= 4 is 16.5 Å². The van der Waals surface area contributed by atoms with Crippen LogP contribution in [0.2, 0.25) is 0 Å². The van der Waals surface area contributed by atoms with Crippen LogP contribution in [0.1, 0.15) is 58.3 Å². The van der Waals surface area contributed by atoms with Crippen molar-refractivity contribution < 1.29 is 0 Å². The maximum atomic E-state index is 4.44. The zero-order chi connectivity index (χ0) is 14.1. The Hall–Kier alpha value is -0.610. The highest BCUT2D eigenvalue weighted by Crippen LogP contribution is 2.20. The summed E-state index contributed by atoms with van der Waals surface area (Å²) in [5.74, 6) is 0. The summed E-state index contributed by atoms with van der Waals surface area (Å²) >= 11 is 1.79. The molecule has 0 aliphatic carbocycles. The van der Waals surface area contributed by atoms with Gasteiger partial charge in [0, 0.05) is 30.2 Å². The predicted molar refractivity (Wildman–Crippen MR) is 86.0 cm³/mol. The number of hydrogen-bond acceptors (Lipinski definition) is 4. The van der Waals surface area contributed by atoms with E-state index in [0.717, 1.165) is 24.6 Å². The first-order valence-corrected chi connectivity index (χ1v) is 8.41. The highest BCUT2D eigenvalue weighted by atomic mass is 32.1. The summed E-state index contributed by atoms with van der Waals surface area (Å²) in [6.07, 6.45) is 7.09. The lowest BCUT2D eigenvalue weighted by atomic mass is 10.2. The molecule has 0 amide bonds. The van der Waals surface area contributed by atoms with Crippen molar-refractivity contribution in [2.24, 2.45) is 0 Å². The molecule has 0 spiro atoms. The lowest BCUT2D eigenvalue weighted by Gasteiger charge is -2.25. The lowest BCUT2D eigenvalue weighted by Crippen LogP contribution is -2.31. The SMILES string of the molecule is CCCCCN(Cc1cnc(NCCC)s1)C(C)C. The highest BCUT2D eigenvalue weighted by Gasteiger charge is 2.11. The smallest absolute Gasteiger partial charge is 0.182 e. The third-order valence-electron chi connectivity index (χ3n) is 3.22. The lowest BCUT2D eigenvalue weighted by molar-refractivity contribution is 0.210. The summed E-state index contributed by atoms with van der Waals surface area (Å²) in [6, 6.07) is 0.603. The van der Waals surface area contributed by atoms with Gasteiger partial charge in [0.15, 0.2) is 5.13 Å². The van der Waals surface area contributed by atoms with E-state index >= 15 is 0 Å². The molecule has 19 heavy (non-hydrogen) atoms. The molecule has 1 aromatic rings. The number of aromatic nitrogens is 1. The first-order chi connectivity index (χ1) is 9.17. The van der Waals surface area contributed by atoms with Gasteiger partial charge >= 0.3 is 0 Å². The number of anilines is 1. The monoisotopic (exact) mass is 283 g/mol. The van der Waals surface area contributed by atoms with Crippen LogP contribution in [0.3, 0.4) is 0 Å². The first kappa shape index (κ1) is 16.4. The second-order valence-electron chi connectivity index (χ2n) is 5.33. The normalized spacial score (nSPS) is 11.5. The molecule has 4 heteroatoms. The molecule has 0 aliphatic heterocycles. The summed E-state index contributed by atoms with van der Waals surface area (Å²) in [5, 5.41) is 4.42. The van der Waals surface area contributed by atoms with Crippen molar-refractivity contribution in [3.63, 3.8) is 0 Å². The van der Waals surface area contributed by atoms with Crippen molar-refractivity contribution in [2.45, 2.75) is 66.0 Å². The van der Waals surface area contributed by atoms with Gasteiger partial charge in [0.2, 0.25) is 0 Å². The number of nitrogens with one attached hydrogen (secondary N) is 1. The van der Waals surface area contributed by atoms with Gasteiger partial charge in [-0.2, -0.15) is 0 Å². The minimum Gasteiger partial charge on any atom is -0.362 e. The van der Waals surface area contributed by atoms with Gasteiger partial charge < -0.3 is 5.32 Å². The van der Waals surface area contributed by atoms with Gasteiger partial charge in [0.05, 0.1) is 0 Å². The van der Waals surface area contributed by atoms with Gasteiger partial charge in [-0.15, -0.1) is 11.3 Å². The second kappa shape index (κ2) is 9.32. The third kappa shape index (κ3) is 6.39. The van der Waals surface area contributed by atoms with Gasteiger partial charge in [0.25, 0.3) is 0 Å². The van der Waals surface area contributed by atoms with Gasteiger partial charge in [-0.3, -0.25) is 4.90 Å². The third-order valence-corrected chi connectivity index (χ3v) is 4.16. The van der Waals surface area contributed by atoms with Crippen molar-refractivity contribution in [3.8, 4) is 0 Å². The molecule has 0 saturated heterocycles. The first-order valence-electron chi connectivity index (χ1n) is 7.60. The molecule has 110 valence electrons. The summed E-state index contributed by atoms with van der Waals surface area (Å²) in [5.41, 5.74) is 0. The molecule has 1 aromatic heterocycles. The van der Waals surface area contributed by atoms with Gasteiger partial charge in [-0.1, -0.05) is 26.7 Å². The average molecular weight is 283 g/mol. The van der Waals surface area contributed by atoms with E-state index in [1.165, 1.54) is 30.7 Å². The summed E-state index contributed by atoms with van der Waals surface area (Å²) in [7, 11) is 0. The molecular formula is C15H29N3S. The Balaban J connectivity index is 2.46. The summed E-state index contributed by atoms with van der Waals surface area (Å²) < 4.78 is 0. The molecule has 0 atom stereocenters. The van der Waals surface area contributed by atoms with Crippen LogP contribution in [-0.2, 0) is 6.54 Å². The maximum absolute atomic E-state index is 4.44. The van der Waals surface area contributed by atoms with Crippen LogP contribution in [0, 0.1) is 0 Å². The van der Waals surface area contributed by atoms with Crippen molar-refractivity contribution in [1.82, 2.24) is 9.88 Å². The van der Waals surface area contributed by atoms with Crippen LogP contribution >= 0.6 is 11.3 Å². The molecule has 0 radical (unpaired) electrons. The quantitative estimate of drug-likeness (QED) is 0.646. The summed E-state index contributed by atoms with van der Waals surface area (Å²) in [6.45, 7) is 12.2. The van der Waals surface area contributed by atoms with E-state index in [-0.39, 0.29) is 0 Å². The van der Waals surface area contributed by atoms with E-state index in [4.69, 9.17) is 0 Å². The van der Waals surface area contributed by atoms with Crippen LogP contribution in [0.4, 0.5) is 5.13 Å². The summed E-state index contributed by atoms with van der Waals surface area (Å²) in [4.78, 5) is 8.36. The zero-order valence-electron chi connectivity index (χ0n) is 12.9. The minimum atomic E-state index is 0.603. The Kier molecular flexibility index (Phi) is 8.07. The molecular weight excluding hydrogens is 254 g/mol. The molecule has 0 saturated carbocycles. The molecule has 0 aromatic carbocycles. The van der Waals surface area contributed by atoms with E-state index in [9.17, 15) is 0 Å². The average Bonchev–Trinajstić information content (AvgIpc) is 2.83. The largest absolute Gasteiger partial charge is 0.362 e. The standard InChI is InChI=1S/C15H29N3S/c1-5-7-8-10-18(13(3)4)12-14-11-17-15(19-14)16-9-6-2/h11,13H,5-10,12H2,1-4H3,(H,16,17). The van der Waals surface area contributed by atoms with Gasteiger partial charge in [0.1, 0.15) is 0 Å². The molecule has 3 nitrogen and oxygen atoms in total. The fraction of sp³-hybridized carbons (Fsp3) is 0.800. The number of thiazole rings is 1. The van der Waals surface area contributed by atoms with Crippen LogP contribution < -0.4 is 5.32 Å². The topological polar surface area (TPSA) is 28.2 Å². The van der Waals surface area contributed by atoms with E-state index in [1.807, 2.05) is 6.20 Å². The fourth-order valence-corrected chi connectivity index (χ4v) is 2.84. The minimum absolute atomic E-state index is 0.603. The number of hydrogen-bond donors (Lipinski definition) is 1. The molecule has 0 fully saturated rings. The van der Waals surface area contributed by atoms with E-state index in [2.05, 4.69) is 42.9 Å². The number of rotatable bonds is 10. The molecule has 0 unspecified atom stereocenters. The highest BCUT2D eigenvalue weighted by molar-refractivity contribution is 7.15. The van der Waals surface area contributed by atoms with E-state index in [1.54, 1.807) is 11.3 Å². The zero-order valence-corrected chi connectivity index (χ0v) is 13.7. The van der Waals surface area contributed by atoms with Gasteiger partial charge in [-0.25, -0.2) is 4.98 Å². The molecule has 1 N–H and O–H groups in total.